The monoisotopic (exact) mass is 313 g/mol. The quantitative estimate of drug-likeness (QED) is 0.891. The minimum atomic E-state index is -0.215. The first-order valence-electron chi connectivity index (χ1n) is 8.65. The third-order valence-electron chi connectivity index (χ3n) is 4.88. The summed E-state index contributed by atoms with van der Waals surface area (Å²) in [5, 5.41) is 14.9. The maximum absolute atomic E-state index is 10.5. The number of aliphatic hydroxyl groups is 1. The molecule has 0 aliphatic carbocycles. The fourth-order valence-electron chi connectivity index (χ4n) is 3.42. The summed E-state index contributed by atoms with van der Waals surface area (Å²) < 4.78 is 2.02. The molecule has 23 heavy (non-hydrogen) atoms. The van der Waals surface area contributed by atoms with E-state index in [1.165, 1.54) is 5.56 Å². The summed E-state index contributed by atoms with van der Waals surface area (Å²) in [7, 11) is 0. The third-order valence-corrected chi connectivity index (χ3v) is 4.88. The lowest BCUT2D eigenvalue weighted by Crippen LogP contribution is -2.39. The van der Waals surface area contributed by atoms with Crippen LogP contribution in [0.5, 0.6) is 0 Å². The molecule has 0 spiro atoms. The average molecular weight is 313 g/mol. The molecule has 1 atom stereocenters. The van der Waals surface area contributed by atoms with Crippen LogP contribution in [0.4, 0.5) is 0 Å². The maximum Gasteiger partial charge on any atom is 0.0609 e. The molecule has 1 aliphatic heterocycles. The molecule has 0 amide bonds. The van der Waals surface area contributed by atoms with E-state index in [1.54, 1.807) is 0 Å². The molecule has 0 bridgehead atoms. The molecular formula is C19H27N3O. The normalized spacial score (nSPS) is 18.2. The van der Waals surface area contributed by atoms with Gasteiger partial charge in [0.25, 0.3) is 0 Å². The number of piperidine rings is 1. The van der Waals surface area contributed by atoms with E-state index >= 15 is 0 Å². The van der Waals surface area contributed by atoms with E-state index in [1.807, 2.05) is 42.1 Å². The molecule has 0 unspecified atom stereocenters. The molecular weight excluding hydrogens is 286 g/mol. The van der Waals surface area contributed by atoms with Crippen LogP contribution in [0.3, 0.4) is 0 Å². The standard InChI is InChI=1S/C19H27N3O/c1-16-7-12-22(20-16)14-13-21-10-8-18(9-11-21)19(23)15-17-5-3-2-4-6-17/h2-7,12,18-19,23H,8-11,13-15H2,1H3/t19-/m0/s1. The number of aliphatic hydroxyl groups excluding tert-OH is 1. The lowest BCUT2D eigenvalue weighted by molar-refractivity contribution is 0.0585. The first-order chi connectivity index (χ1) is 11.2. The Bertz CT molecular complexity index is 588. The second-order valence-corrected chi connectivity index (χ2v) is 6.66. The van der Waals surface area contributed by atoms with Crippen LogP contribution in [0.1, 0.15) is 24.1 Å². The highest BCUT2D eigenvalue weighted by atomic mass is 16.3. The van der Waals surface area contributed by atoms with Crippen LogP contribution in [0.2, 0.25) is 0 Å². The summed E-state index contributed by atoms with van der Waals surface area (Å²) >= 11 is 0. The summed E-state index contributed by atoms with van der Waals surface area (Å²) in [4.78, 5) is 2.49. The van der Waals surface area contributed by atoms with Crippen molar-refractivity contribution in [2.75, 3.05) is 19.6 Å². The van der Waals surface area contributed by atoms with E-state index in [2.05, 4.69) is 22.1 Å². The molecule has 2 heterocycles. The number of likely N-dealkylation sites (tertiary alicyclic amines) is 1. The van der Waals surface area contributed by atoms with E-state index in [9.17, 15) is 5.11 Å². The Morgan fingerprint density at radius 2 is 1.87 bits per heavy atom. The zero-order valence-corrected chi connectivity index (χ0v) is 13.9. The van der Waals surface area contributed by atoms with Crippen molar-refractivity contribution in [3.8, 4) is 0 Å². The molecule has 3 rings (SSSR count). The second-order valence-electron chi connectivity index (χ2n) is 6.66. The number of aryl methyl sites for hydroxylation is 1. The van der Waals surface area contributed by atoms with Gasteiger partial charge in [-0.2, -0.15) is 5.10 Å². The van der Waals surface area contributed by atoms with Crippen molar-refractivity contribution in [1.82, 2.24) is 14.7 Å². The Morgan fingerprint density at radius 3 is 2.52 bits per heavy atom. The predicted molar refractivity (Wildman–Crippen MR) is 92.3 cm³/mol. The minimum absolute atomic E-state index is 0.215. The smallest absolute Gasteiger partial charge is 0.0609 e. The molecule has 124 valence electrons. The van der Waals surface area contributed by atoms with Gasteiger partial charge in [-0.25, -0.2) is 0 Å². The molecule has 1 aliphatic rings. The van der Waals surface area contributed by atoms with Crippen molar-refractivity contribution >= 4 is 0 Å². The largest absolute Gasteiger partial charge is 0.392 e. The Labute approximate surface area is 138 Å². The number of rotatable bonds is 6. The average Bonchev–Trinajstić information content (AvgIpc) is 3.00. The highest BCUT2D eigenvalue weighted by Crippen LogP contribution is 2.23. The zero-order valence-electron chi connectivity index (χ0n) is 13.9. The van der Waals surface area contributed by atoms with Crippen LogP contribution in [-0.4, -0.2) is 45.5 Å². The van der Waals surface area contributed by atoms with Crippen molar-refractivity contribution in [3.63, 3.8) is 0 Å². The van der Waals surface area contributed by atoms with Crippen LogP contribution in [0, 0.1) is 12.8 Å². The van der Waals surface area contributed by atoms with E-state index in [0.29, 0.717) is 5.92 Å². The van der Waals surface area contributed by atoms with Crippen molar-refractivity contribution in [2.24, 2.45) is 5.92 Å². The van der Waals surface area contributed by atoms with E-state index in [-0.39, 0.29) is 6.10 Å². The van der Waals surface area contributed by atoms with Gasteiger partial charge in [-0.05, 0) is 56.8 Å². The van der Waals surface area contributed by atoms with E-state index in [4.69, 9.17) is 0 Å². The topological polar surface area (TPSA) is 41.3 Å². The molecule has 4 nitrogen and oxygen atoms in total. The fourth-order valence-corrected chi connectivity index (χ4v) is 3.42. The first kappa shape index (κ1) is 16.2. The van der Waals surface area contributed by atoms with Gasteiger partial charge in [0.15, 0.2) is 0 Å². The minimum Gasteiger partial charge on any atom is -0.392 e. The molecule has 1 fully saturated rings. The molecule has 2 aromatic rings. The molecule has 0 radical (unpaired) electrons. The summed E-state index contributed by atoms with van der Waals surface area (Å²) in [6, 6.07) is 12.4. The van der Waals surface area contributed by atoms with Gasteiger partial charge in [0.05, 0.1) is 18.3 Å². The van der Waals surface area contributed by atoms with E-state index < -0.39 is 0 Å². The SMILES string of the molecule is Cc1ccn(CCN2CCC([C@@H](O)Cc3ccccc3)CC2)n1. The van der Waals surface area contributed by atoms with Gasteiger partial charge in [0, 0.05) is 12.7 Å². The molecule has 1 N–H and O–H groups in total. The number of hydrogen-bond donors (Lipinski definition) is 1. The zero-order chi connectivity index (χ0) is 16.1. The molecule has 0 saturated carbocycles. The molecule has 1 aromatic heterocycles. The van der Waals surface area contributed by atoms with Gasteiger partial charge in [-0.1, -0.05) is 30.3 Å². The van der Waals surface area contributed by atoms with Crippen molar-refractivity contribution in [2.45, 2.75) is 38.8 Å². The summed E-state index contributed by atoms with van der Waals surface area (Å²) in [5.41, 5.74) is 2.31. The summed E-state index contributed by atoms with van der Waals surface area (Å²) in [5.74, 6) is 0.429. The van der Waals surface area contributed by atoms with Gasteiger partial charge in [-0.15, -0.1) is 0 Å². The van der Waals surface area contributed by atoms with Gasteiger partial charge in [0.1, 0.15) is 0 Å². The third kappa shape index (κ3) is 4.66. The number of benzene rings is 1. The van der Waals surface area contributed by atoms with Crippen LogP contribution in [0.25, 0.3) is 0 Å². The summed E-state index contributed by atoms with van der Waals surface area (Å²) in [6.45, 7) is 6.18. The number of nitrogens with zero attached hydrogens (tertiary/aromatic N) is 3. The molecule has 1 aromatic carbocycles. The highest BCUT2D eigenvalue weighted by Gasteiger charge is 2.25. The van der Waals surface area contributed by atoms with Gasteiger partial charge in [0.2, 0.25) is 0 Å². The first-order valence-corrected chi connectivity index (χ1v) is 8.65. The van der Waals surface area contributed by atoms with Gasteiger partial charge >= 0.3 is 0 Å². The number of hydrogen-bond acceptors (Lipinski definition) is 3. The molecule has 1 saturated heterocycles. The van der Waals surface area contributed by atoms with Crippen LogP contribution >= 0.6 is 0 Å². The van der Waals surface area contributed by atoms with Gasteiger partial charge < -0.3 is 10.0 Å². The Kier molecular flexibility index (Phi) is 5.47. The van der Waals surface area contributed by atoms with Gasteiger partial charge in [-0.3, -0.25) is 4.68 Å². The number of aromatic nitrogens is 2. The lowest BCUT2D eigenvalue weighted by Gasteiger charge is -2.34. The Balaban J connectivity index is 1.41. The van der Waals surface area contributed by atoms with Crippen molar-refractivity contribution < 1.29 is 5.11 Å². The lowest BCUT2D eigenvalue weighted by atomic mass is 9.88. The summed E-state index contributed by atoms with van der Waals surface area (Å²) in [6.07, 6.45) is 4.79. The predicted octanol–water partition coefficient (Wildman–Crippen LogP) is 2.51. The van der Waals surface area contributed by atoms with Crippen LogP contribution < -0.4 is 0 Å². The Morgan fingerprint density at radius 1 is 1.13 bits per heavy atom. The molecule has 4 heteroatoms. The van der Waals surface area contributed by atoms with Crippen LogP contribution in [0.15, 0.2) is 42.6 Å². The Hall–Kier alpha value is -1.65. The van der Waals surface area contributed by atoms with Crippen molar-refractivity contribution in [3.05, 3.63) is 53.9 Å². The van der Waals surface area contributed by atoms with Crippen molar-refractivity contribution in [1.29, 1.82) is 0 Å². The highest BCUT2D eigenvalue weighted by molar-refractivity contribution is 5.15. The van der Waals surface area contributed by atoms with Crippen LogP contribution in [-0.2, 0) is 13.0 Å². The second kappa shape index (κ2) is 7.75. The fraction of sp³-hybridized carbons (Fsp3) is 0.526. The maximum atomic E-state index is 10.5. The van der Waals surface area contributed by atoms with E-state index in [0.717, 1.165) is 51.1 Å².